The lowest BCUT2D eigenvalue weighted by Crippen LogP contribution is -2.26. The monoisotopic (exact) mass is 261 g/mol. The van der Waals surface area contributed by atoms with Gasteiger partial charge in [0, 0.05) is 13.2 Å². The van der Waals surface area contributed by atoms with E-state index in [1.807, 2.05) is 6.92 Å². The molecular weight excluding hydrogens is 250 g/mol. The van der Waals surface area contributed by atoms with Gasteiger partial charge in [0.2, 0.25) is 0 Å². The van der Waals surface area contributed by atoms with Crippen LogP contribution in [0.2, 0.25) is 0 Å². The first-order chi connectivity index (χ1) is 6.74. The fourth-order valence-electron chi connectivity index (χ4n) is 0.905. The van der Waals surface area contributed by atoms with Crippen LogP contribution in [-0.4, -0.2) is 25.7 Å². The summed E-state index contributed by atoms with van der Waals surface area (Å²) in [5.41, 5.74) is 0. The van der Waals surface area contributed by atoms with E-state index in [1.165, 1.54) is 0 Å². The number of amides is 1. The summed E-state index contributed by atoms with van der Waals surface area (Å²) in [6.45, 7) is 3.57. The molecule has 0 aliphatic carbocycles. The van der Waals surface area contributed by atoms with Crippen LogP contribution in [0.25, 0.3) is 0 Å². The molecule has 1 rings (SSSR count). The molecule has 1 aromatic rings. The van der Waals surface area contributed by atoms with Crippen molar-refractivity contribution < 1.29 is 13.9 Å². The Morgan fingerprint density at radius 3 is 3.00 bits per heavy atom. The molecule has 1 heterocycles. The van der Waals surface area contributed by atoms with Crippen LogP contribution in [-0.2, 0) is 4.74 Å². The quantitative estimate of drug-likeness (QED) is 0.823. The number of nitrogens with one attached hydrogen (secondary N) is 1. The van der Waals surface area contributed by atoms with E-state index >= 15 is 0 Å². The van der Waals surface area contributed by atoms with E-state index in [4.69, 9.17) is 9.15 Å². The minimum absolute atomic E-state index is 0.226. The van der Waals surface area contributed by atoms with Gasteiger partial charge in [0.1, 0.15) is 0 Å². The summed E-state index contributed by atoms with van der Waals surface area (Å²) >= 11 is 3.12. The lowest BCUT2D eigenvalue weighted by atomic mass is 10.4. The first-order valence-corrected chi connectivity index (χ1v) is 5.14. The number of rotatable bonds is 5. The molecule has 14 heavy (non-hydrogen) atoms. The van der Waals surface area contributed by atoms with Crippen molar-refractivity contribution in [1.29, 1.82) is 0 Å². The lowest BCUT2D eigenvalue weighted by molar-refractivity contribution is 0.0894. The van der Waals surface area contributed by atoms with Crippen LogP contribution in [0.3, 0.4) is 0 Å². The average molecular weight is 262 g/mol. The van der Waals surface area contributed by atoms with Crippen LogP contribution in [0.1, 0.15) is 17.5 Å². The Hall–Kier alpha value is -0.810. The van der Waals surface area contributed by atoms with Crippen LogP contribution in [0.4, 0.5) is 0 Å². The predicted octanol–water partition coefficient (Wildman–Crippen LogP) is 1.81. The zero-order chi connectivity index (χ0) is 10.4. The highest BCUT2D eigenvalue weighted by atomic mass is 79.9. The Morgan fingerprint density at radius 2 is 2.43 bits per heavy atom. The number of carbonyl (C=O) groups excluding carboxylic acids is 1. The summed E-state index contributed by atoms with van der Waals surface area (Å²) in [6, 6.07) is 3.29. The van der Waals surface area contributed by atoms with Crippen molar-refractivity contribution in [2.75, 3.05) is 19.8 Å². The molecule has 0 bridgehead atoms. The Balaban J connectivity index is 2.29. The van der Waals surface area contributed by atoms with E-state index in [0.29, 0.717) is 30.2 Å². The highest BCUT2D eigenvalue weighted by Gasteiger charge is 2.08. The van der Waals surface area contributed by atoms with Gasteiger partial charge in [-0.05, 0) is 35.0 Å². The number of hydrogen-bond acceptors (Lipinski definition) is 3. The van der Waals surface area contributed by atoms with Crippen LogP contribution >= 0.6 is 15.9 Å². The molecule has 1 aromatic heterocycles. The minimum Gasteiger partial charge on any atom is -0.444 e. The fraction of sp³-hybridized carbons (Fsp3) is 0.444. The van der Waals surface area contributed by atoms with E-state index in [1.54, 1.807) is 12.1 Å². The highest BCUT2D eigenvalue weighted by molar-refractivity contribution is 9.10. The maximum atomic E-state index is 11.3. The van der Waals surface area contributed by atoms with Gasteiger partial charge in [-0.1, -0.05) is 0 Å². The summed E-state index contributed by atoms with van der Waals surface area (Å²) < 4.78 is 10.7. The minimum atomic E-state index is -0.226. The van der Waals surface area contributed by atoms with E-state index in [0.717, 1.165) is 0 Å². The Morgan fingerprint density at radius 1 is 1.64 bits per heavy atom. The number of furan rings is 1. The van der Waals surface area contributed by atoms with E-state index < -0.39 is 0 Å². The molecule has 1 amide bonds. The SMILES string of the molecule is CCOCCNC(=O)c1ccc(Br)o1. The zero-order valence-electron chi connectivity index (χ0n) is 7.88. The number of hydrogen-bond donors (Lipinski definition) is 1. The first kappa shape index (κ1) is 11.3. The summed E-state index contributed by atoms with van der Waals surface area (Å²) in [5, 5.41) is 2.67. The van der Waals surface area contributed by atoms with Crippen molar-refractivity contribution in [3.8, 4) is 0 Å². The molecule has 0 fully saturated rings. The number of carbonyl (C=O) groups is 1. The predicted molar refractivity (Wildman–Crippen MR) is 55.2 cm³/mol. The molecule has 0 saturated carbocycles. The second kappa shape index (κ2) is 5.82. The standard InChI is InChI=1S/C9H12BrNO3/c1-2-13-6-5-11-9(12)7-3-4-8(10)14-7/h3-4H,2,5-6H2,1H3,(H,11,12). The van der Waals surface area contributed by atoms with Gasteiger partial charge in [0.15, 0.2) is 10.4 Å². The second-order valence-corrected chi connectivity index (χ2v) is 3.34. The molecule has 0 aliphatic rings. The van der Waals surface area contributed by atoms with Crippen LogP contribution in [0, 0.1) is 0 Å². The third kappa shape index (κ3) is 3.51. The molecule has 4 nitrogen and oxygen atoms in total. The van der Waals surface area contributed by atoms with Crippen LogP contribution < -0.4 is 5.32 Å². The third-order valence-corrected chi connectivity index (χ3v) is 1.96. The van der Waals surface area contributed by atoms with Gasteiger partial charge in [-0.15, -0.1) is 0 Å². The van der Waals surface area contributed by atoms with Crippen molar-refractivity contribution in [2.45, 2.75) is 6.92 Å². The molecule has 0 saturated heterocycles. The number of halogens is 1. The largest absolute Gasteiger partial charge is 0.444 e. The van der Waals surface area contributed by atoms with E-state index in [2.05, 4.69) is 21.2 Å². The molecule has 0 unspecified atom stereocenters. The fourth-order valence-corrected chi connectivity index (χ4v) is 1.21. The molecular formula is C9H12BrNO3. The summed E-state index contributed by atoms with van der Waals surface area (Å²) in [7, 11) is 0. The Kier molecular flexibility index (Phi) is 4.69. The molecule has 1 N–H and O–H groups in total. The Labute approximate surface area is 90.7 Å². The van der Waals surface area contributed by atoms with Crippen molar-refractivity contribution in [2.24, 2.45) is 0 Å². The second-order valence-electron chi connectivity index (χ2n) is 2.56. The van der Waals surface area contributed by atoms with Crippen molar-refractivity contribution in [3.63, 3.8) is 0 Å². The topological polar surface area (TPSA) is 51.5 Å². The average Bonchev–Trinajstić information content (AvgIpc) is 2.59. The van der Waals surface area contributed by atoms with Crippen molar-refractivity contribution >= 4 is 21.8 Å². The molecule has 0 aliphatic heterocycles. The molecule has 5 heteroatoms. The van der Waals surface area contributed by atoms with Gasteiger partial charge in [-0.2, -0.15) is 0 Å². The Bertz CT molecular complexity index is 298. The van der Waals surface area contributed by atoms with Gasteiger partial charge in [0.05, 0.1) is 6.61 Å². The normalized spacial score (nSPS) is 10.1. The van der Waals surface area contributed by atoms with Crippen LogP contribution in [0.15, 0.2) is 21.2 Å². The van der Waals surface area contributed by atoms with Crippen molar-refractivity contribution in [1.82, 2.24) is 5.32 Å². The third-order valence-electron chi connectivity index (χ3n) is 1.53. The van der Waals surface area contributed by atoms with Gasteiger partial charge in [-0.25, -0.2) is 0 Å². The van der Waals surface area contributed by atoms with Gasteiger partial charge in [-0.3, -0.25) is 4.79 Å². The maximum Gasteiger partial charge on any atom is 0.287 e. The highest BCUT2D eigenvalue weighted by Crippen LogP contribution is 2.13. The van der Waals surface area contributed by atoms with Gasteiger partial charge >= 0.3 is 0 Å². The van der Waals surface area contributed by atoms with Crippen LogP contribution in [0.5, 0.6) is 0 Å². The summed E-state index contributed by atoms with van der Waals surface area (Å²) in [5.74, 6) is 0.0729. The van der Waals surface area contributed by atoms with Crippen molar-refractivity contribution in [3.05, 3.63) is 22.6 Å². The maximum absolute atomic E-state index is 11.3. The first-order valence-electron chi connectivity index (χ1n) is 4.35. The van der Waals surface area contributed by atoms with E-state index in [9.17, 15) is 4.79 Å². The van der Waals surface area contributed by atoms with Gasteiger partial charge < -0.3 is 14.5 Å². The molecule has 0 aromatic carbocycles. The number of ether oxygens (including phenoxy) is 1. The lowest BCUT2D eigenvalue weighted by Gasteiger charge is -2.02. The van der Waals surface area contributed by atoms with E-state index in [-0.39, 0.29) is 5.91 Å². The molecule has 0 spiro atoms. The smallest absolute Gasteiger partial charge is 0.287 e. The molecule has 78 valence electrons. The molecule has 0 atom stereocenters. The summed E-state index contributed by atoms with van der Waals surface area (Å²) in [6.07, 6.45) is 0. The summed E-state index contributed by atoms with van der Waals surface area (Å²) in [4.78, 5) is 11.3. The molecule has 0 radical (unpaired) electrons. The zero-order valence-corrected chi connectivity index (χ0v) is 9.46. The van der Waals surface area contributed by atoms with Gasteiger partial charge in [0.25, 0.3) is 5.91 Å².